The molecule has 5 nitrogen and oxygen atoms in total. The standard InChI is InChI=1S/C18H14N2O3/c21-17-15-11-5-4-10-14(15)16(18(22)23)19-20(17)12-6-9-13-7-2-1-3-8-13/h1-11H,12H2,(H,22,23)/b9-6+. The second-order valence-electron chi connectivity index (χ2n) is 5.00. The summed E-state index contributed by atoms with van der Waals surface area (Å²) in [5.74, 6) is -1.15. The van der Waals surface area contributed by atoms with Crippen molar-refractivity contribution in [1.82, 2.24) is 9.78 Å². The molecular formula is C18H14N2O3. The van der Waals surface area contributed by atoms with Gasteiger partial charge < -0.3 is 5.11 Å². The largest absolute Gasteiger partial charge is 0.476 e. The number of aromatic carboxylic acids is 1. The van der Waals surface area contributed by atoms with Crippen LogP contribution in [-0.4, -0.2) is 20.9 Å². The van der Waals surface area contributed by atoms with Gasteiger partial charge in [0.1, 0.15) is 0 Å². The van der Waals surface area contributed by atoms with E-state index in [0.29, 0.717) is 10.8 Å². The van der Waals surface area contributed by atoms with Crippen LogP contribution >= 0.6 is 0 Å². The first-order valence-corrected chi connectivity index (χ1v) is 7.11. The first kappa shape index (κ1) is 14.7. The fourth-order valence-electron chi connectivity index (χ4n) is 2.37. The maximum Gasteiger partial charge on any atom is 0.357 e. The number of benzene rings is 2. The molecule has 0 spiro atoms. The number of hydrogen-bond acceptors (Lipinski definition) is 3. The van der Waals surface area contributed by atoms with Crippen LogP contribution in [-0.2, 0) is 6.54 Å². The molecular weight excluding hydrogens is 292 g/mol. The van der Waals surface area contributed by atoms with E-state index in [-0.39, 0.29) is 17.8 Å². The van der Waals surface area contributed by atoms with E-state index in [1.165, 1.54) is 4.68 Å². The normalized spacial score (nSPS) is 11.1. The average Bonchev–Trinajstić information content (AvgIpc) is 2.58. The molecule has 1 N–H and O–H groups in total. The third kappa shape index (κ3) is 3.03. The number of aromatic nitrogens is 2. The summed E-state index contributed by atoms with van der Waals surface area (Å²) in [6, 6.07) is 16.2. The highest BCUT2D eigenvalue weighted by Gasteiger charge is 2.14. The Bertz CT molecular complexity index is 943. The zero-order chi connectivity index (χ0) is 16.2. The molecule has 0 saturated heterocycles. The van der Waals surface area contributed by atoms with Gasteiger partial charge >= 0.3 is 5.97 Å². The Morgan fingerprint density at radius 2 is 1.70 bits per heavy atom. The van der Waals surface area contributed by atoms with Crippen LogP contribution in [0.4, 0.5) is 0 Å². The highest BCUT2D eigenvalue weighted by molar-refractivity contribution is 6.01. The van der Waals surface area contributed by atoms with Crippen molar-refractivity contribution in [2.75, 3.05) is 0 Å². The van der Waals surface area contributed by atoms with E-state index in [1.54, 1.807) is 30.3 Å². The number of nitrogens with zero attached hydrogens (tertiary/aromatic N) is 2. The van der Waals surface area contributed by atoms with Crippen molar-refractivity contribution in [3.63, 3.8) is 0 Å². The minimum absolute atomic E-state index is 0.117. The maximum absolute atomic E-state index is 12.4. The number of rotatable bonds is 4. The summed E-state index contributed by atoms with van der Waals surface area (Å²) in [7, 11) is 0. The lowest BCUT2D eigenvalue weighted by atomic mass is 10.1. The molecule has 3 aromatic rings. The van der Waals surface area contributed by atoms with Gasteiger partial charge in [0.05, 0.1) is 11.9 Å². The summed E-state index contributed by atoms with van der Waals surface area (Å²) in [6.45, 7) is 0.207. The van der Waals surface area contributed by atoms with Crippen LogP contribution in [0, 0.1) is 0 Å². The molecule has 23 heavy (non-hydrogen) atoms. The molecule has 0 aliphatic rings. The van der Waals surface area contributed by atoms with E-state index >= 15 is 0 Å². The van der Waals surface area contributed by atoms with Crippen molar-refractivity contribution < 1.29 is 9.90 Å². The Morgan fingerprint density at radius 1 is 1.04 bits per heavy atom. The van der Waals surface area contributed by atoms with Crippen molar-refractivity contribution >= 4 is 22.8 Å². The van der Waals surface area contributed by atoms with Crippen LogP contribution in [0.25, 0.3) is 16.8 Å². The van der Waals surface area contributed by atoms with Gasteiger partial charge in [0.25, 0.3) is 5.56 Å². The Balaban J connectivity index is 2.01. The molecule has 1 aromatic heterocycles. The van der Waals surface area contributed by atoms with Crippen molar-refractivity contribution in [3.05, 3.63) is 82.3 Å². The number of carboxylic acids is 1. The molecule has 114 valence electrons. The molecule has 1 heterocycles. The van der Waals surface area contributed by atoms with E-state index in [0.717, 1.165) is 5.56 Å². The summed E-state index contributed by atoms with van der Waals surface area (Å²) in [5.41, 5.74) is 0.580. The molecule has 0 aliphatic carbocycles. The molecule has 0 unspecified atom stereocenters. The van der Waals surface area contributed by atoms with Gasteiger partial charge in [-0.05, 0) is 11.6 Å². The lowest BCUT2D eigenvalue weighted by Crippen LogP contribution is -2.25. The zero-order valence-electron chi connectivity index (χ0n) is 12.2. The van der Waals surface area contributed by atoms with Gasteiger partial charge in [-0.2, -0.15) is 5.10 Å². The smallest absolute Gasteiger partial charge is 0.357 e. The summed E-state index contributed by atoms with van der Waals surface area (Å²) < 4.78 is 1.17. The first-order valence-electron chi connectivity index (χ1n) is 7.11. The lowest BCUT2D eigenvalue weighted by molar-refractivity contribution is 0.0690. The Kier molecular flexibility index (Phi) is 4.01. The molecule has 0 amide bonds. The highest BCUT2D eigenvalue weighted by Crippen LogP contribution is 2.13. The highest BCUT2D eigenvalue weighted by atomic mass is 16.4. The van der Waals surface area contributed by atoms with Gasteiger partial charge in [-0.3, -0.25) is 4.79 Å². The molecule has 0 radical (unpaired) electrons. The molecule has 2 aromatic carbocycles. The van der Waals surface area contributed by atoms with Crippen LogP contribution < -0.4 is 5.56 Å². The number of fused-ring (bicyclic) bond motifs is 1. The maximum atomic E-state index is 12.4. The van der Waals surface area contributed by atoms with Crippen LogP contribution in [0.3, 0.4) is 0 Å². The van der Waals surface area contributed by atoms with Crippen LogP contribution in [0.1, 0.15) is 16.1 Å². The predicted octanol–water partition coefficient (Wildman–Crippen LogP) is 2.81. The fraction of sp³-hybridized carbons (Fsp3) is 0.0556. The average molecular weight is 306 g/mol. The third-order valence-electron chi connectivity index (χ3n) is 3.46. The van der Waals surface area contributed by atoms with Crippen LogP contribution in [0.2, 0.25) is 0 Å². The topological polar surface area (TPSA) is 72.2 Å². The van der Waals surface area contributed by atoms with Gasteiger partial charge in [0.15, 0.2) is 5.69 Å². The Labute approximate surface area is 132 Å². The van der Waals surface area contributed by atoms with Gasteiger partial charge in [-0.25, -0.2) is 9.48 Å². The SMILES string of the molecule is O=C(O)c1nn(C/C=C/c2ccccc2)c(=O)c2ccccc12. The van der Waals surface area contributed by atoms with Crippen molar-refractivity contribution in [3.8, 4) is 0 Å². The molecule has 0 atom stereocenters. The Morgan fingerprint density at radius 3 is 2.39 bits per heavy atom. The molecule has 0 fully saturated rings. The lowest BCUT2D eigenvalue weighted by Gasteiger charge is -2.06. The monoisotopic (exact) mass is 306 g/mol. The van der Waals surface area contributed by atoms with Crippen LogP contribution in [0.5, 0.6) is 0 Å². The quantitative estimate of drug-likeness (QED) is 0.804. The van der Waals surface area contributed by atoms with E-state index < -0.39 is 5.97 Å². The number of allylic oxidation sites excluding steroid dienone is 1. The molecule has 5 heteroatoms. The van der Waals surface area contributed by atoms with Gasteiger partial charge in [0, 0.05) is 5.39 Å². The van der Waals surface area contributed by atoms with Crippen molar-refractivity contribution in [2.24, 2.45) is 0 Å². The summed E-state index contributed by atoms with van der Waals surface area (Å²) in [5, 5.41) is 14.0. The van der Waals surface area contributed by atoms with Gasteiger partial charge in [0.2, 0.25) is 0 Å². The van der Waals surface area contributed by atoms with E-state index in [2.05, 4.69) is 5.10 Å². The van der Waals surface area contributed by atoms with E-state index in [4.69, 9.17) is 0 Å². The number of carbonyl (C=O) groups is 1. The minimum Gasteiger partial charge on any atom is -0.476 e. The van der Waals surface area contributed by atoms with Gasteiger partial charge in [-0.1, -0.05) is 60.7 Å². The second-order valence-corrected chi connectivity index (χ2v) is 5.00. The predicted molar refractivity (Wildman–Crippen MR) is 88.4 cm³/mol. The zero-order valence-corrected chi connectivity index (χ0v) is 12.2. The van der Waals surface area contributed by atoms with Crippen molar-refractivity contribution in [2.45, 2.75) is 6.54 Å². The Hall–Kier alpha value is -3.21. The summed E-state index contributed by atoms with van der Waals surface area (Å²) in [6.07, 6.45) is 3.65. The molecule has 0 saturated carbocycles. The minimum atomic E-state index is -1.15. The summed E-state index contributed by atoms with van der Waals surface area (Å²) >= 11 is 0. The number of hydrogen-bond donors (Lipinski definition) is 1. The van der Waals surface area contributed by atoms with E-state index in [9.17, 15) is 14.7 Å². The van der Waals surface area contributed by atoms with Crippen LogP contribution in [0.15, 0.2) is 65.5 Å². The molecule has 0 bridgehead atoms. The molecule has 0 aliphatic heterocycles. The van der Waals surface area contributed by atoms with E-state index in [1.807, 2.05) is 36.4 Å². The van der Waals surface area contributed by atoms with Crippen molar-refractivity contribution in [1.29, 1.82) is 0 Å². The first-order chi connectivity index (χ1) is 11.2. The summed E-state index contributed by atoms with van der Waals surface area (Å²) in [4.78, 5) is 23.8. The molecule has 3 rings (SSSR count). The second kappa shape index (κ2) is 6.27. The van der Waals surface area contributed by atoms with Gasteiger partial charge in [-0.15, -0.1) is 0 Å². The fourth-order valence-corrected chi connectivity index (χ4v) is 2.37. The third-order valence-corrected chi connectivity index (χ3v) is 3.46. The number of carboxylic acid groups (broad SMARTS) is 1.